The molecule has 2 N–H and O–H groups in total. The molecule has 0 atom stereocenters. The monoisotopic (exact) mass is 176 g/mol. The molecule has 0 saturated heterocycles. The van der Waals surface area contributed by atoms with Crippen molar-refractivity contribution in [1.29, 1.82) is 0 Å². The first-order chi connectivity index (χ1) is 6.23. The van der Waals surface area contributed by atoms with E-state index in [4.69, 9.17) is 5.73 Å². The van der Waals surface area contributed by atoms with E-state index in [9.17, 15) is 4.79 Å². The molecular weight excluding hydrogens is 164 g/mol. The summed E-state index contributed by atoms with van der Waals surface area (Å²) in [5, 5.41) is 0. The molecule has 1 saturated carbocycles. The second-order valence-electron chi connectivity index (χ2n) is 3.68. The first-order valence-corrected chi connectivity index (χ1v) is 4.42. The van der Waals surface area contributed by atoms with Crippen LogP contribution in [0.15, 0.2) is 24.5 Å². The van der Waals surface area contributed by atoms with Gasteiger partial charge in [0.2, 0.25) is 5.91 Å². The second kappa shape index (κ2) is 2.83. The van der Waals surface area contributed by atoms with Crippen molar-refractivity contribution < 1.29 is 4.79 Å². The molecule has 1 heterocycles. The summed E-state index contributed by atoms with van der Waals surface area (Å²) in [6, 6.07) is 3.86. The Balaban J connectivity index is 2.11. The van der Waals surface area contributed by atoms with E-state index in [0.29, 0.717) is 0 Å². The fraction of sp³-hybridized carbons (Fsp3) is 0.400. The van der Waals surface area contributed by atoms with E-state index in [1.165, 1.54) is 0 Å². The van der Waals surface area contributed by atoms with E-state index >= 15 is 0 Å². The molecule has 13 heavy (non-hydrogen) atoms. The van der Waals surface area contributed by atoms with Crippen LogP contribution in [0.5, 0.6) is 0 Å². The van der Waals surface area contributed by atoms with Gasteiger partial charge in [0.15, 0.2) is 0 Å². The average Bonchev–Trinajstić information content (AvgIpc) is 2.87. The van der Waals surface area contributed by atoms with Gasteiger partial charge in [-0.05, 0) is 30.9 Å². The molecule has 1 amide bonds. The quantitative estimate of drug-likeness (QED) is 0.743. The van der Waals surface area contributed by atoms with Crippen LogP contribution in [0.4, 0.5) is 0 Å². The van der Waals surface area contributed by atoms with Gasteiger partial charge in [0.1, 0.15) is 0 Å². The van der Waals surface area contributed by atoms with Crippen molar-refractivity contribution in [2.45, 2.75) is 19.3 Å². The highest BCUT2D eigenvalue weighted by Crippen LogP contribution is 2.47. The maximum atomic E-state index is 11.1. The van der Waals surface area contributed by atoms with Gasteiger partial charge in [0.05, 0.1) is 5.41 Å². The Bertz CT molecular complexity index is 317. The minimum atomic E-state index is -0.247. The Morgan fingerprint density at radius 1 is 1.62 bits per heavy atom. The molecule has 0 bridgehead atoms. The molecule has 1 aromatic heterocycles. The van der Waals surface area contributed by atoms with Crippen LogP contribution in [0.1, 0.15) is 18.4 Å². The number of nitrogens with two attached hydrogens (primary N) is 1. The second-order valence-corrected chi connectivity index (χ2v) is 3.68. The van der Waals surface area contributed by atoms with Gasteiger partial charge in [0, 0.05) is 12.4 Å². The summed E-state index contributed by atoms with van der Waals surface area (Å²) in [7, 11) is 0. The Kier molecular flexibility index (Phi) is 1.79. The van der Waals surface area contributed by atoms with Gasteiger partial charge in [-0.25, -0.2) is 0 Å². The van der Waals surface area contributed by atoms with Crippen LogP contribution in [0.3, 0.4) is 0 Å². The van der Waals surface area contributed by atoms with Gasteiger partial charge in [-0.3, -0.25) is 9.78 Å². The molecule has 0 unspecified atom stereocenters. The summed E-state index contributed by atoms with van der Waals surface area (Å²) >= 11 is 0. The maximum absolute atomic E-state index is 11.1. The molecule has 1 fully saturated rings. The molecule has 1 aromatic rings. The number of nitrogens with zero attached hydrogens (tertiary/aromatic N) is 1. The number of pyridine rings is 1. The molecule has 68 valence electrons. The van der Waals surface area contributed by atoms with Gasteiger partial charge in [-0.2, -0.15) is 0 Å². The molecule has 0 aromatic carbocycles. The highest BCUT2D eigenvalue weighted by atomic mass is 16.1. The third-order valence-electron chi connectivity index (χ3n) is 2.64. The maximum Gasteiger partial charge on any atom is 0.223 e. The van der Waals surface area contributed by atoms with Crippen LogP contribution in [0, 0.1) is 5.41 Å². The third kappa shape index (κ3) is 1.54. The number of carbonyl (C=O) groups excluding carboxylic acids is 1. The molecule has 0 radical (unpaired) electrons. The predicted molar refractivity (Wildman–Crippen MR) is 48.8 cm³/mol. The number of rotatable bonds is 3. The van der Waals surface area contributed by atoms with Crippen molar-refractivity contribution >= 4 is 5.91 Å². The lowest BCUT2D eigenvalue weighted by molar-refractivity contribution is -0.123. The number of primary amides is 1. The summed E-state index contributed by atoms with van der Waals surface area (Å²) in [4.78, 5) is 15.1. The van der Waals surface area contributed by atoms with Crippen LogP contribution in [0.2, 0.25) is 0 Å². The Morgan fingerprint density at radius 2 is 2.38 bits per heavy atom. The Hall–Kier alpha value is -1.38. The summed E-state index contributed by atoms with van der Waals surface area (Å²) in [5.74, 6) is -0.170. The SMILES string of the molecule is NC(=O)C1(Cc2cccnc2)CC1. The highest BCUT2D eigenvalue weighted by molar-refractivity contribution is 5.83. The van der Waals surface area contributed by atoms with E-state index < -0.39 is 0 Å². The minimum absolute atomic E-state index is 0.170. The van der Waals surface area contributed by atoms with Crippen molar-refractivity contribution in [1.82, 2.24) is 4.98 Å². The number of hydrogen-bond acceptors (Lipinski definition) is 2. The van der Waals surface area contributed by atoms with Crippen molar-refractivity contribution in [3.63, 3.8) is 0 Å². The summed E-state index contributed by atoms with van der Waals surface area (Å²) < 4.78 is 0. The fourth-order valence-corrected chi connectivity index (χ4v) is 1.55. The van der Waals surface area contributed by atoms with Gasteiger partial charge < -0.3 is 5.73 Å². The van der Waals surface area contributed by atoms with E-state index in [1.54, 1.807) is 12.4 Å². The highest BCUT2D eigenvalue weighted by Gasteiger charge is 2.48. The molecule has 2 rings (SSSR count). The zero-order valence-electron chi connectivity index (χ0n) is 7.36. The summed E-state index contributed by atoms with van der Waals surface area (Å²) in [5.41, 5.74) is 6.17. The minimum Gasteiger partial charge on any atom is -0.369 e. The molecular formula is C10H12N2O. The third-order valence-corrected chi connectivity index (χ3v) is 2.64. The lowest BCUT2D eigenvalue weighted by atomic mass is 9.97. The average molecular weight is 176 g/mol. The summed E-state index contributed by atoms with van der Waals surface area (Å²) in [6.45, 7) is 0. The molecule has 0 spiro atoms. The zero-order chi connectivity index (χ0) is 9.31. The fourth-order valence-electron chi connectivity index (χ4n) is 1.55. The molecule has 3 heteroatoms. The van der Waals surface area contributed by atoms with Crippen molar-refractivity contribution in [3.8, 4) is 0 Å². The molecule has 0 aliphatic heterocycles. The lowest BCUT2D eigenvalue weighted by Gasteiger charge is -2.09. The first kappa shape index (κ1) is 8.23. The normalized spacial score (nSPS) is 18.2. The first-order valence-electron chi connectivity index (χ1n) is 4.42. The Morgan fingerprint density at radius 3 is 2.85 bits per heavy atom. The van der Waals surface area contributed by atoms with Crippen LogP contribution in [0.25, 0.3) is 0 Å². The molecule has 1 aliphatic carbocycles. The van der Waals surface area contributed by atoms with E-state index in [1.807, 2.05) is 12.1 Å². The number of aromatic nitrogens is 1. The molecule has 3 nitrogen and oxygen atoms in total. The largest absolute Gasteiger partial charge is 0.369 e. The zero-order valence-corrected chi connectivity index (χ0v) is 7.36. The van der Waals surface area contributed by atoms with Crippen molar-refractivity contribution in [3.05, 3.63) is 30.1 Å². The predicted octanol–water partition coefficient (Wildman–Crippen LogP) is 0.890. The van der Waals surface area contributed by atoms with Crippen molar-refractivity contribution in [2.75, 3.05) is 0 Å². The lowest BCUT2D eigenvalue weighted by Crippen LogP contribution is -2.26. The standard InChI is InChI=1S/C10H12N2O/c11-9(13)10(3-4-10)6-8-2-1-5-12-7-8/h1-2,5,7H,3-4,6H2,(H2,11,13). The topological polar surface area (TPSA) is 56.0 Å². The van der Waals surface area contributed by atoms with Crippen LogP contribution < -0.4 is 5.73 Å². The smallest absolute Gasteiger partial charge is 0.223 e. The van der Waals surface area contributed by atoms with Gasteiger partial charge in [-0.15, -0.1) is 0 Å². The number of amides is 1. The number of hydrogen-bond donors (Lipinski definition) is 1. The van der Waals surface area contributed by atoms with Gasteiger partial charge in [-0.1, -0.05) is 6.07 Å². The Labute approximate surface area is 77.0 Å². The van der Waals surface area contributed by atoms with Gasteiger partial charge in [0.25, 0.3) is 0 Å². The van der Waals surface area contributed by atoms with E-state index in [-0.39, 0.29) is 11.3 Å². The van der Waals surface area contributed by atoms with Crippen LogP contribution in [-0.2, 0) is 11.2 Å². The molecule has 1 aliphatic rings. The summed E-state index contributed by atoms with van der Waals surface area (Å²) in [6.07, 6.45) is 6.13. The van der Waals surface area contributed by atoms with E-state index in [2.05, 4.69) is 4.98 Å². The van der Waals surface area contributed by atoms with Gasteiger partial charge >= 0.3 is 0 Å². The van der Waals surface area contributed by atoms with Crippen molar-refractivity contribution in [2.24, 2.45) is 11.1 Å². The van der Waals surface area contributed by atoms with Crippen LogP contribution >= 0.6 is 0 Å². The van der Waals surface area contributed by atoms with Crippen LogP contribution in [-0.4, -0.2) is 10.9 Å². The number of carbonyl (C=O) groups is 1. The van der Waals surface area contributed by atoms with E-state index in [0.717, 1.165) is 24.8 Å².